The number of ether oxygens (including phenoxy) is 1. The van der Waals surface area contributed by atoms with Crippen LogP contribution in [0.1, 0.15) is 34.9 Å². The summed E-state index contributed by atoms with van der Waals surface area (Å²) in [6.45, 7) is 0.639. The number of carbonyl (C=O) groups excluding carboxylic acids is 1. The predicted octanol–water partition coefficient (Wildman–Crippen LogP) is 1.92. The number of hydrogen-bond acceptors (Lipinski definition) is 4. The Balaban J connectivity index is 1.92. The number of methoxy groups -OCH3 is 1. The van der Waals surface area contributed by atoms with Crippen LogP contribution in [0.4, 0.5) is 0 Å². The molecular formula is C18H23N3O4S. The highest BCUT2D eigenvalue weighted by atomic mass is 32.2. The zero-order valence-corrected chi connectivity index (χ0v) is 15.9. The summed E-state index contributed by atoms with van der Waals surface area (Å²) in [7, 11) is 1.06. The quantitative estimate of drug-likeness (QED) is 0.863. The van der Waals surface area contributed by atoms with Crippen molar-refractivity contribution >= 4 is 15.9 Å². The van der Waals surface area contributed by atoms with Crippen molar-refractivity contribution in [2.24, 2.45) is 7.05 Å². The average Bonchev–Trinajstić information content (AvgIpc) is 3.28. The molecule has 0 aliphatic carbocycles. The molecule has 1 amide bonds. The number of amides is 1. The fraction of sp³-hybridized carbons (Fsp3) is 0.389. The van der Waals surface area contributed by atoms with Crippen molar-refractivity contribution in [1.82, 2.24) is 14.2 Å². The van der Waals surface area contributed by atoms with Crippen LogP contribution >= 0.6 is 0 Å². The van der Waals surface area contributed by atoms with Gasteiger partial charge in [-0.1, -0.05) is 12.1 Å². The molecule has 0 radical (unpaired) electrons. The zero-order valence-electron chi connectivity index (χ0n) is 15.1. The van der Waals surface area contributed by atoms with Gasteiger partial charge in [0.1, 0.15) is 16.3 Å². The van der Waals surface area contributed by atoms with E-state index in [4.69, 9.17) is 4.74 Å². The molecule has 0 bridgehead atoms. The van der Waals surface area contributed by atoms with E-state index < -0.39 is 10.0 Å². The highest BCUT2D eigenvalue weighted by Gasteiger charge is 2.32. The molecule has 1 aromatic carbocycles. The molecule has 7 nitrogen and oxygen atoms in total. The SMILES string of the molecule is CNS(=O)(=O)c1cc(C(=O)N2CCC[C@H]2c2cccc(OC)c2)n(C)c1. The Morgan fingerprint density at radius 2 is 2.08 bits per heavy atom. The number of aryl methyl sites for hydroxylation is 1. The first-order chi connectivity index (χ1) is 12.4. The lowest BCUT2D eigenvalue weighted by molar-refractivity contribution is 0.0725. The summed E-state index contributed by atoms with van der Waals surface area (Å²) in [6, 6.07) is 9.09. The van der Waals surface area contributed by atoms with Gasteiger partial charge in [0.25, 0.3) is 5.91 Å². The van der Waals surface area contributed by atoms with Crippen LogP contribution in [0.5, 0.6) is 5.75 Å². The Hall–Kier alpha value is -2.32. The average molecular weight is 377 g/mol. The van der Waals surface area contributed by atoms with Crippen LogP contribution in [0.2, 0.25) is 0 Å². The Morgan fingerprint density at radius 3 is 2.77 bits per heavy atom. The van der Waals surface area contributed by atoms with E-state index in [1.807, 2.05) is 24.3 Å². The maximum atomic E-state index is 13.1. The topological polar surface area (TPSA) is 80.6 Å². The Morgan fingerprint density at radius 1 is 1.31 bits per heavy atom. The molecule has 1 atom stereocenters. The minimum absolute atomic E-state index is 0.0446. The number of nitrogens with one attached hydrogen (secondary N) is 1. The summed E-state index contributed by atoms with van der Waals surface area (Å²) in [5, 5.41) is 0. The van der Waals surface area contributed by atoms with E-state index in [9.17, 15) is 13.2 Å². The third-order valence-electron chi connectivity index (χ3n) is 4.77. The molecule has 1 saturated heterocycles. The largest absolute Gasteiger partial charge is 0.497 e. The van der Waals surface area contributed by atoms with Crippen LogP contribution < -0.4 is 9.46 Å². The van der Waals surface area contributed by atoms with Gasteiger partial charge < -0.3 is 14.2 Å². The first kappa shape index (κ1) is 18.5. The van der Waals surface area contributed by atoms with Crippen LogP contribution in [0.25, 0.3) is 0 Å². The Bertz CT molecular complexity index is 920. The molecule has 0 saturated carbocycles. The molecule has 1 N–H and O–H groups in total. The molecule has 26 heavy (non-hydrogen) atoms. The van der Waals surface area contributed by atoms with Crippen LogP contribution in [-0.4, -0.2) is 44.5 Å². The Kier molecular flexibility index (Phi) is 5.06. The fourth-order valence-electron chi connectivity index (χ4n) is 3.36. The normalized spacial score (nSPS) is 17.5. The molecule has 0 spiro atoms. The monoisotopic (exact) mass is 377 g/mol. The van der Waals surface area contributed by atoms with Crippen molar-refractivity contribution in [3.05, 3.63) is 47.8 Å². The molecule has 8 heteroatoms. The fourth-order valence-corrected chi connectivity index (χ4v) is 4.16. The smallest absolute Gasteiger partial charge is 0.271 e. The summed E-state index contributed by atoms with van der Waals surface area (Å²) < 4.78 is 33.1. The van der Waals surface area contributed by atoms with Crippen molar-refractivity contribution in [3.8, 4) is 5.75 Å². The molecule has 2 heterocycles. The van der Waals surface area contributed by atoms with Crippen LogP contribution in [0.3, 0.4) is 0 Å². The van der Waals surface area contributed by atoms with Crippen molar-refractivity contribution in [2.45, 2.75) is 23.8 Å². The number of rotatable bonds is 5. The third-order valence-corrected chi connectivity index (χ3v) is 6.15. The van der Waals surface area contributed by atoms with Gasteiger partial charge in [-0.3, -0.25) is 4.79 Å². The van der Waals surface area contributed by atoms with Gasteiger partial charge in [-0.15, -0.1) is 0 Å². The second-order valence-electron chi connectivity index (χ2n) is 6.31. The highest BCUT2D eigenvalue weighted by molar-refractivity contribution is 7.89. The van der Waals surface area contributed by atoms with Gasteiger partial charge in [0.15, 0.2) is 0 Å². The maximum Gasteiger partial charge on any atom is 0.271 e. The molecule has 1 aliphatic heterocycles. The standard InChI is InChI=1S/C18H23N3O4S/c1-19-26(23,24)15-11-17(20(2)12-15)18(22)21-9-5-8-16(21)13-6-4-7-14(10-13)25-3/h4,6-7,10-12,16,19H,5,8-9H2,1-3H3/t16-/m0/s1. The minimum atomic E-state index is -3.59. The summed E-state index contributed by atoms with van der Waals surface area (Å²) in [5.74, 6) is 0.582. The van der Waals surface area contributed by atoms with Crippen molar-refractivity contribution in [1.29, 1.82) is 0 Å². The molecule has 0 unspecified atom stereocenters. The second kappa shape index (κ2) is 7.13. The number of sulfonamides is 1. The minimum Gasteiger partial charge on any atom is -0.497 e. The molecule has 1 aliphatic rings. The van der Waals surface area contributed by atoms with Gasteiger partial charge in [-0.2, -0.15) is 0 Å². The zero-order chi connectivity index (χ0) is 18.9. The van der Waals surface area contributed by atoms with E-state index >= 15 is 0 Å². The first-order valence-corrected chi connectivity index (χ1v) is 9.90. The van der Waals surface area contributed by atoms with E-state index in [2.05, 4.69) is 4.72 Å². The number of hydrogen-bond donors (Lipinski definition) is 1. The lowest BCUT2D eigenvalue weighted by Crippen LogP contribution is -2.31. The maximum absolute atomic E-state index is 13.1. The summed E-state index contributed by atoms with van der Waals surface area (Å²) in [4.78, 5) is 15.0. The predicted molar refractivity (Wildman–Crippen MR) is 97.7 cm³/mol. The van der Waals surface area contributed by atoms with Gasteiger partial charge >= 0.3 is 0 Å². The second-order valence-corrected chi connectivity index (χ2v) is 8.20. The first-order valence-electron chi connectivity index (χ1n) is 8.42. The molecule has 3 rings (SSSR count). The van der Waals surface area contributed by atoms with Gasteiger partial charge in [0.2, 0.25) is 10.0 Å². The van der Waals surface area contributed by atoms with E-state index in [0.29, 0.717) is 12.2 Å². The van der Waals surface area contributed by atoms with Gasteiger partial charge in [0, 0.05) is 19.8 Å². The van der Waals surface area contributed by atoms with Crippen molar-refractivity contribution in [3.63, 3.8) is 0 Å². The molecular weight excluding hydrogens is 354 g/mol. The third kappa shape index (κ3) is 3.34. The van der Waals surface area contributed by atoms with Crippen LogP contribution in [0, 0.1) is 0 Å². The summed E-state index contributed by atoms with van der Waals surface area (Å²) in [5.41, 5.74) is 1.38. The lowest BCUT2D eigenvalue weighted by Gasteiger charge is -2.25. The van der Waals surface area contributed by atoms with Crippen molar-refractivity contribution in [2.75, 3.05) is 20.7 Å². The van der Waals surface area contributed by atoms with E-state index in [-0.39, 0.29) is 16.8 Å². The van der Waals surface area contributed by atoms with Gasteiger partial charge in [-0.05, 0) is 43.7 Å². The molecule has 1 fully saturated rings. The van der Waals surface area contributed by atoms with Gasteiger partial charge in [-0.25, -0.2) is 13.1 Å². The highest BCUT2D eigenvalue weighted by Crippen LogP contribution is 2.34. The molecule has 2 aromatic rings. The van der Waals surface area contributed by atoms with Gasteiger partial charge in [0.05, 0.1) is 13.2 Å². The summed E-state index contributed by atoms with van der Waals surface area (Å²) in [6.07, 6.45) is 3.22. The Labute approximate surface area is 153 Å². The number of benzene rings is 1. The number of carbonyl (C=O) groups is 1. The summed E-state index contributed by atoms with van der Waals surface area (Å²) >= 11 is 0. The van der Waals surface area contributed by atoms with E-state index in [0.717, 1.165) is 24.2 Å². The van der Waals surface area contributed by atoms with Crippen LogP contribution in [-0.2, 0) is 17.1 Å². The number of aromatic nitrogens is 1. The van der Waals surface area contributed by atoms with E-state index in [1.54, 1.807) is 23.6 Å². The number of likely N-dealkylation sites (tertiary alicyclic amines) is 1. The molecule has 140 valence electrons. The molecule has 1 aromatic heterocycles. The lowest BCUT2D eigenvalue weighted by atomic mass is 10.0. The van der Waals surface area contributed by atoms with Crippen LogP contribution in [0.15, 0.2) is 41.4 Å². The van der Waals surface area contributed by atoms with E-state index in [1.165, 1.54) is 19.3 Å². The number of nitrogens with zero attached hydrogens (tertiary/aromatic N) is 2. The van der Waals surface area contributed by atoms with Crippen molar-refractivity contribution < 1.29 is 17.9 Å².